The highest BCUT2D eigenvalue weighted by molar-refractivity contribution is 5.72. The second-order valence-electron chi connectivity index (χ2n) is 9.52. The van der Waals surface area contributed by atoms with E-state index in [1.807, 2.05) is 84.4 Å². The molecule has 194 valence electrons. The molecule has 7 heteroatoms. The van der Waals surface area contributed by atoms with Gasteiger partial charge in [-0.15, -0.1) is 0 Å². The fourth-order valence-electron chi connectivity index (χ4n) is 4.80. The molecule has 0 N–H and O–H groups in total. The quantitative estimate of drug-likeness (QED) is 0.226. The molecular formula is C32H29N5O2. The number of ether oxygens (including phenoxy) is 2. The Morgan fingerprint density at radius 1 is 0.718 bits per heavy atom. The van der Waals surface area contributed by atoms with E-state index in [4.69, 9.17) is 14.6 Å². The van der Waals surface area contributed by atoms with Gasteiger partial charge in [0.05, 0.1) is 18.1 Å². The first-order valence-corrected chi connectivity index (χ1v) is 12.8. The molecule has 0 saturated carbocycles. The van der Waals surface area contributed by atoms with Crippen molar-refractivity contribution in [3.05, 3.63) is 121 Å². The molecule has 0 spiro atoms. The number of hydrogen-bond donors (Lipinski definition) is 0. The van der Waals surface area contributed by atoms with Crippen LogP contribution in [0.5, 0.6) is 23.1 Å². The van der Waals surface area contributed by atoms with Gasteiger partial charge < -0.3 is 19.3 Å². The van der Waals surface area contributed by atoms with Gasteiger partial charge in [-0.3, -0.25) is 0 Å². The molecule has 0 saturated heterocycles. The Bertz CT molecular complexity index is 1630. The number of aryl methyl sites for hydroxylation is 1. The molecule has 3 aromatic carbocycles. The van der Waals surface area contributed by atoms with Gasteiger partial charge in [-0.2, -0.15) is 5.10 Å². The predicted molar refractivity (Wildman–Crippen MR) is 154 cm³/mol. The summed E-state index contributed by atoms with van der Waals surface area (Å²) in [5.74, 6) is 2.55. The van der Waals surface area contributed by atoms with Crippen LogP contribution in [0, 0.1) is 13.8 Å². The van der Waals surface area contributed by atoms with E-state index in [0.717, 1.165) is 46.3 Å². The van der Waals surface area contributed by atoms with E-state index >= 15 is 0 Å². The summed E-state index contributed by atoms with van der Waals surface area (Å²) in [7, 11) is 2.05. The largest absolute Gasteiger partial charge is 0.457 e. The van der Waals surface area contributed by atoms with Crippen LogP contribution in [0.2, 0.25) is 0 Å². The summed E-state index contributed by atoms with van der Waals surface area (Å²) in [6.07, 6.45) is 5.83. The zero-order valence-corrected chi connectivity index (χ0v) is 22.2. The topological polar surface area (TPSA) is 55.7 Å². The molecule has 2 aromatic heterocycles. The van der Waals surface area contributed by atoms with E-state index < -0.39 is 0 Å². The third-order valence-electron chi connectivity index (χ3n) is 6.58. The number of aromatic nitrogens is 3. The molecule has 0 fully saturated rings. The number of pyridine rings is 1. The highest BCUT2D eigenvalue weighted by Gasteiger charge is 2.18. The van der Waals surface area contributed by atoms with Gasteiger partial charge in [0.25, 0.3) is 0 Å². The Morgan fingerprint density at radius 3 is 2.23 bits per heavy atom. The Hall–Kier alpha value is -5.04. The SMILES string of the molecule is Cc1nn(-c2ccccc2)c(C)c1-c1cc(Oc2cccc(N3C=CN(C)C3)c2)cc(Oc2ccccn2)c1. The lowest BCUT2D eigenvalue weighted by Gasteiger charge is -2.19. The predicted octanol–water partition coefficient (Wildman–Crippen LogP) is 7.32. The van der Waals surface area contributed by atoms with Crippen molar-refractivity contribution >= 4 is 5.69 Å². The molecule has 3 heterocycles. The van der Waals surface area contributed by atoms with Crippen LogP contribution < -0.4 is 14.4 Å². The Morgan fingerprint density at radius 2 is 1.49 bits per heavy atom. The van der Waals surface area contributed by atoms with Crippen LogP contribution in [0.3, 0.4) is 0 Å². The van der Waals surface area contributed by atoms with Crippen LogP contribution in [0.15, 0.2) is 110 Å². The summed E-state index contributed by atoms with van der Waals surface area (Å²) in [6.45, 7) is 4.91. The zero-order chi connectivity index (χ0) is 26.8. The molecule has 0 bridgehead atoms. The number of rotatable bonds is 7. The maximum atomic E-state index is 6.43. The first-order chi connectivity index (χ1) is 19.0. The second-order valence-corrected chi connectivity index (χ2v) is 9.52. The summed E-state index contributed by atoms with van der Waals surface area (Å²) in [5.41, 5.74) is 6.02. The van der Waals surface area contributed by atoms with Crippen molar-refractivity contribution in [1.29, 1.82) is 0 Å². The molecular weight excluding hydrogens is 486 g/mol. The van der Waals surface area contributed by atoms with Crippen molar-refractivity contribution < 1.29 is 9.47 Å². The minimum absolute atomic E-state index is 0.515. The average Bonchev–Trinajstić information content (AvgIpc) is 3.52. The van der Waals surface area contributed by atoms with Crippen LogP contribution in [0.25, 0.3) is 16.8 Å². The zero-order valence-electron chi connectivity index (χ0n) is 22.2. The van der Waals surface area contributed by atoms with Crippen LogP contribution in [-0.4, -0.2) is 33.4 Å². The van der Waals surface area contributed by atoms with Crippen molar-refractivity contribution in [2.24, 2.45) is 0 Å². The molecule has 7 nitrogen and oxygen atoms in total. The molecule has 0 amide bonds. The summed E-state index contributed by atoms with van der Waals surface area (Å²) in [4.78, 5) is 8.63. The fourth-order valence-corrected chi connectivity index (χ4v) is 4.80. The number of para-hydroxylation sites is 1. The Labute approximate surface area is 228 Å². The maximum absolute atomic E-state index is 6.43. The molecule has 6 rings (SSSR count). The van der Waals surface area contributed by atoms with Crippen LogP contribution in [-0.2, 0) is 0 Å². The number of anilines is 1. The third kappa shape index (κ3) is 5.20. The molecule has 0 aliphatic carbocycles. The van der Waals surface area contributed by atoms with Crippen molar-refractivity contribution in [3.8, 4) is 39.9 Å². The summed E-state index contributed by atoms with van der Waals surface area (Å²) >= 11 is 0. The normalized spacial score (nSPS) is 12.7. The fraction of sp³-hybridized carbons (Fsp3) is 0.125. The minimum atomic E-state index is 0.515. The minimum Gasteiger partial charge on any atom is -0.457 e. The second kappa shape index (κ2) is 10.4. The van der Waals surface area contributed by atoms with E-state index in [2.05, 4.69) is 59.4 Å². The van der Waals surface area contributed by atoms with Crippen molar-refractivity contribution in [2.45, 2.75) is 13.8 Å². The molecule has 1 aliphatic rings. The van der Waals surface area contributed by atoms with Gasteiger partial charge in [0.15, 0.2) is 0 Å². The first-order valence-electron chi connectivity index (χ1n) is 12.8. The molecule has 1 aliphatic heterocycles. The van der Waals surface area contributed by atoms with Crippen molar-refractivity contribution in [3.63, 3.8) is 0 Å². The van der Waals surface area contributed by atoms with Crippen LogP contribution in [0.1, 0.15) is 11.4 Å². The van der Waals surface area contributed by atoms with E-state index in [9.17, 15) is 0 Å². The monoisotopic (exact) mass is 515 g/mol. The van der Waals surface area contributed by atoms with Gasteiger partial charge in [-0.05, 0) is 61.9 Å². The molecule has 0 radical (unpaired) electrons. The van der Waals surface area contributed by atoms with Gasteiger partial charge in [0, 0.05) is 60.8 Å². The standard InChI is InChI=1S/C32H29N5O2/c1-23-32(24(2)37(34-23)26-10-5-4-6-11-26)25-18-29(21-30(19-25)39-31-14-7-8-15-33-31)38-28-13-9-12-27(20-28)36-17-16-35(3)22-36/h4-21H,22H2,1-3H3. The average molecular weight is 516 g/mol. The van der Waals surface area contributed by atoms with Gasteiger partial charge in [-0.1, -0.05) is 30.3 Å². The molecule has 0 atom stereocenters. The lowest BCUT2D eigenvalue weighted by atomic mass is 10.0. The summed E-state index contributed by atoms with van der Waals surface area (Å²) in [5, 5.41) is 4.85. The summed E-state index contributed by atoms with van der Waals surface area (Å²) < 4.78 is 14.6. The summed E-state index contributed by atoms with van der Waals surface area (Å²) in [6, 6.07) is 29.8. The highest BCUT2D eigenvalue weighted by Crippen LogP contribution is 2.37. The smallest absolute Gasteiger partial charge is 0.219 e. The maximum Gasteiger partial charge on any atom is 0.219 e. The number of benzene rings is 3. The highest BCUT2D eigenvalue weighted by atomic mass is 16.5. The van der Waals surface area contributed by atoms with Gasteiger partial charge in [0.1, 0.15) is 17.2 Å². The number of nitrogens with zero attached hydrogens (tertiary/aromatic N) is 5. The molecule has 5 aromatic rings. The number of hydrogen-bond acceptors (Lipinski definition) is 6. The van der Waals surface area contributed by atoms with Gasteiger partial charge >= 0.3 is 0 Å². The Balaban J connectivity index is 1.39. The van der Waals surface area contributed by atoms with E-state index in [0.29, 0.717) is 17.4 Å². The van der Waals surface area contributed by atoms with E-state index in [1.165, 1.54) is 0 Å². The van der Waals surface area contributed by atoms with E-state index in [1.54, 1.807) is 6.20 Å². The molecule has 0 unspecified atom stereocenters. The third-order valence-corrected chi connectivity index (χ3v) is 6.58. The van der Waals surface area contributed by atoms with Gasteiger partial charge in [-0.25, -0.2) is 9.67 Å². The Kier molecular flexibility index (Phi) is 6.47. The van der Waals surface area contributed by atoms with Crippen LogP contribution in [0.4, 0.5) is 5.69 Å². The van der Waals surface area contributed by atoms with Gasteiger partial charge in [0.2, 0.25) is 5.88 Å². The lowest BCUT2D eigenvalue weighted by molar-refractivity contribution is 0.449. The van der Waals surface area contributed by atoms with E-state index in [-0.39, 0.29) is 0 Å². The first kappa shape index (κ1) is 24.3. The lowest BCUT2D eigenvalue weighted by Crippen LogP contribution is -2.21. The van der Waals surface area contributed by atoms with Crippen molar-refractivity contribution in [2.75, 3.05) is 18.6 Å². The molecule has 39 heavy (non-hydrogen) atoms. The van der Waals surface area contributed by atoms with Crippen molar-refractivity contribution in [1.82, 2.24) is 19.7 Å². The van der Waals surface area contributed by atoms with Crippen LogP contribution >= 0.6 is 0 Å².